The molecule has 1 aromatic heterocycles. The maximum Gasteiger partial charge on any atom is 0.0544 e. The highest BCUT2D eigenvalue weighted by molar-refractivity contribution is 7.10. The highest BCUT2D eigenvalue weighted by Crippen LogP contribution is 2.25. The van der Waals surface area contributed by atoms with Gasteiger partial charge in [0.1, 0.15) is 0 Å². The van der Waals surface area contributed by atoms with Gasteiger partial charge >= 0.3 is 0 Å². The Morgan fingerprint density at radius 2 is 2.15 bits per heavy atom. The molecule has 1 unspecified atom stereocenters. The summed E-state index contributed by atoms with van der Waals surface area (Å²) in [6.07, 6.45) is 2.02. The van der Waals surface area contributed by atoms with E-state index in [0.717, 1.165) is 17.9 Å². The molecule has 0 aliphatic carbocycles. The smallest absolute Gasteiger partial charge is 0.0544 e. The Bertz CT molecular complexity index is 255. The van der Waals surface area contributed by atoms with Gasteiger partial charge in [0, 0.05) is 10.3 Å². The Morgan fingerprint density at radius 3 is 2.62 bits per heavy atom. The molecule has 1 heterocycles. The molecule has 0 saturated carbocycles. The van der Waals surface area contributed by atoms with Gasteiger partial charge in [-0.05, 0) is 30.2 Å². The van der Waals surface area contributed by atoms with Crippen molar-refractivity contribution in [1.82, 2.24) is 0 Å². The molecular formula is C10H14Cl2S. The Hall–Kier alpha value is 0.280. The Kier molecular flexibility index (Phi) is 4.57. The van der Waals surface area contributed by atoms with Crippen LogP contribution in [0.15, 0.2) is 11.4 Å². The van der Waals surface area contributed by atoms with Crippen LogP contribution in [0, 0.1) is 5.92 Å². The highest BCUT2D eigenvalue weighted by atomic mass is 35.5. The van der Waals surface area contributed by atoms with Crippen molar-refractivity contribution >= 4 is 34.5 Å². The van der Waals surface area contributed by atoms with Gasteiger partial charge in [-0.3, -0.25) is 0 Å². The number of halogens is 2. The molecule has 13 heavy (non-hydrogen) atoms. The monoisotopic (exact) mass is 236 g/mol. The van der Waals surface area contributed by atoms with Gasteiger partial charge in [0.25, 0.3) is 0 Å². The zero-order chi connectivity index (χ0) is 9.84. The molecule has 0 aromatic carbocycles. The van der Waals surface area contributed by atoms with Crippen molar-refractivity contribution < 1.29 is 0 Å². The van der Waals surface area contributed by atoms with E-state index in [4.69, 9.17) is 23.2 Å². The van der Waals surface area contributed by atoms with Gasteiger partial charge < -0.3 is 0 Å². The third kappa shape index (κ3) is 3.49. The van der Waals surface area contributed by atoms with Crippen LogP contribution in [0.25, 0.3) is 0 Å². The standard InChI is InChI=1S/C10H14Cl2S/c1-7(2)8(11)3-4-10-9(12)5-6-13-10/h5-8H,3-4H2,1-2H3. The molecule has 0 aliphatic heterocycles. The summed E-state index contributed by atoms with van der Waals surface area (Å²) in [7, 11) is 0. The van der Waals surface area contributed by atoms with E-state index >= 15 is 0 Å². The van der Waals surface area contributed by atoms with Crippen molar-refractivity contribution in [2.45, 2.75) is 32.1 Å². The first kappa shape index (κ1) is 11.4. The largest absolute Gasteiger partial charge is 0.147 e. The van der Waals surface area contributed by atoms with Crippen LogP contribution in [0.2, 0.25) is 5.02 Å². The van der Waals surface area contributed by atoms with Gasteiger partial charge in [0.05, 0.1) is 5.02 Å². The molecule has 1 aromatic rings. The predicted octanol–water partition coefficient (Wildman–Crippen LogP) is 4.60. The van der Waals surface area contributed by atoms with Crippen LogP contribution >= 0.6 is 34.5 Å². The lowest BCUT2D eigenvalue weighted by Gasteiger charge is -2.11. The molecule has 0 spiro atoms. The lowest BCUT2D eigenvalue weighted by molar-refractivity contribution is 0.567. The zero-order valence-corrected chi connectivity index (χ0v) is 10.2. The third-order valence-electron chi connectivity index (χ3n) is 2.06. The molecule has 0 saturated heterocycles. The highest BCUT2D eigenvalue weighted by Gasteiger charge is 2.10. The molecule has 0 fully saturated rings. The molecule has 3 heteroatoms. The number of hydrogen-bond acceptors (Lipinski definition) is 1. The van der Waals surface area contributed by atoms with E-state index in [1.807, 2.05) is 11.4 Å². The number of rotatable bonds is 4. The van der Waals surface area contributed by atoms with Gasteiger partial charge in [-0.15, -0.1) is 22.9 Å². The second-order valence-electron chi connectivity index (χ2n) is 3.49. The van der Waals surface area contributed by atoms with E-state index in [2.05, 4.69) is 13.8 Å². The van der Waals surface area contributed by atoms with Gasteiger partial charge in [-0.1, -0.05) is 25.4 Å². The molecule has 1 rings (SSSR count). The van der Waals surface area contributed by atoms with Gasteiger partial charge in [0.15, 0.2) is 0 Å². The number of alkyl halides is 1. The van der Waals surface area contributed by atoms with Crippen LogP contribution in [0.5, 0.6) is 0 Å². The minimum absolute atomic E-state index is 0.262. The average Bonchev–Trinajstić information content (AvgIpc) is 2.47. The predicted molar refractivity (Wildman–Crippen MR) is 62.1 cm³/mol. The fourth-order valence-corrected chi connectivity index (χ4v) is 2.37. The topological polar surface area (TPSA) is 0 Å². The molecule has 0 N–H and O–H groups in total. The molecular weight excluding hydrogens is 223 g/mol. The first-order valence-electron chi connectivity index (χ1n) is 4.47. The fourth-order valence-electron chi connectivity index (χ4n) is 1.11. The van der Waals surface area contributed by atoms with Gasteiger partial charge in [-0.2, -0.15) is 0 Å². The van der Waals surface area contributed by atoms with Gasteiger partial charge in [-0.25, -0.2) is 0 Å². The lowest BCUT2D eigenvalue weighted by atomic mass is 10.1. The number of aryl methyl sites for hydroxylation is 1. The minimum atomic E-state index is 0.262. The zero-order valence-electron chi connectivity index (χ0n) is 7.89. The maximum atomic E-state index is 6.15. The third-order valence-corrected chi connectivity index (χ3v) is 4.23. The van der Waals surface area contributed by atoms with Crippen molar-refractivity contribution in [3.8, 4) is 0 Å². The normalized spacial score (nSPS) is 13.6. The quantitative estimate of drug-likeness (QED) is 0.671. The molecule has 0 bridgehead atoms. The van der Waals surface area contributed by atoms with Crippen molar-refractivity contribution in [2.24, 2.45) is 5.92 Å². The van der Waals surface area contributed by atoms with Crippen LogP contribution in [-0.4, -0.2) is 5.38 Å². The number of hydrogen-bond donors (Lipinski definition) is 0. The molecule has 74 valence electrons. The molecule has 0 nitrogen and oxygen atoms in total. The van der Waals surface area contributed by atoms with Crippen molar-refractivity contribution in [3.05, 3.63) is 21.3 Å². The van der Waals surface area contributed by atoms with E-state index in [9.17, 15) is 0 Å². The number of thiophene rings is 1. The van der Waals surface area contributed by atoms with E-state index in [0.29, 0.717) is 5.92 Å². The van der Waals surface area contributed by atoms with E-state index in [1.165, 1.54) is 4.88 Å². The Labute approximate surface area is 93.9 Å². The molecule has 1 atom stereocenters. The van der Waals surface area contributed by atoms with Crippen LogP contribution in [0.3, 0.4) is 0 Å². The van der Waals surface area contributed by atoms with E-state index < -0.39 is 0 Å². The summed E-state index contributed by atoms with van der Waals surface area (Å²) in [5.41, 5.74) is 0. The Morgan fingerprint density at radius 1 is 1.46 bits per heavy atom. The average molecular weight is 237 g/mol. The van der Waals surface area contributed by atoms with E-state index in [-0.39, 0.29) is 5.38 Å². The molecule has 0 aliphatic rings. The molecule has 0 amide bonds. The van der Waals surface area contributed by atoms with Crippen LogP contribution in [-0.2, 0) is 6.42 Å². The first-order chi connectivity index (χ1) is 6.11. The summed E-state index contributed by atoms with van der Waals surface area (Å²) in [5.74, 6) is 0.542. The summed E-state index contributed by atoms with van der Waals surface area (Å²) in [4.78, 5) is 1.26. The van der Waals surface area contributed by atoms with Crippen molar-refractivity contribution in [3.63, 3.8) is 0 Å². The Balaban J connectivity index is 2.39. The second-order valence-corrected chi connectivity index (χ2v) is 5.46. The second kappa shape index (κ2) is 5.23. The summed E-state index contributed by atoms with van der Waals surface area (Å²) in [5, 5.41) is 3.17. The van der Waals surface area contributed by atoms with E-state index in [1.54, 1.807) is 11.3 Å². The fraction of sp³-hybridized carbons (Fsp3) is 0.600. The van der Waals surface area contributed by atoms with Gasteiger partial charge in [0.2, 0.25) is 0 Å². The van der Waals surface area contributed by atoms with Crippen LogP contribution in [0.4, 0.5) is 0 Å². The van der Waals surface area contributed by atoms with Crippen LogP contribution in [0.1, 0.15) is 25.1 Å². The maximum absolute atomic E-state index is 6.15. The summed E-state index contributed by atoms with van der Waals surface area (Å²) < 4.78 is 0. The van der Waals surface area contributed by atoms with Crippen molar-refractivity contribution in [1.29, 1.82) is 0 Å². The summed E-state index contributed by atoms with van der Waals surface area (Å²) in [6.45, 7) is 4.29. The van der Waals surface area contributed by atoms with Crippen LogP contribution < -0.4 is 0 Å². The van der Waals surface area contributed by atoms with Crippen molar-refractivity contribution in [2.75, 3.05) is 0 Å². The minimum Gasteiger partial charge on any atom is -0.147 e. The first-order valence-corrected chi connectivity index (χ1v) is 6.16. The lowest BCUT2D eigenvalue weighted by Crippen LogP contribution is -2.08. The summed E-state index contributed by atoms with van der Waals surface area (Å²) >= 11 is 13.8. The molecule has 0 radical (unpaired) electrons. The SMILES string of the molecule is CC(C)C(Cl)CCc1sccc1Cl. The summed E-state index contributed by atoms with van der Waals surface area (Å²) in [6, 6.07) is 1.94.